The zero-order valence-electron chi connectivity index (χ0n) is 13.5. The largest absolute Gasteiger partial charge is 0.295 e. The van der Waals surface area contributed by atoms with Crippen LogP contribution < -0.4 is 5.32 Å². The predicted molar refractivity (Wildman–Crippen MR) is 83.7 cm³/mol. The van der Waals surface area contributed by atoms with E-state index in [0.717, 1.165) is 16.0 Å². The fourth-order valence-electron chi connectivity index (χ4n) is 2.80. The van der Waals surface area contributed by atoms with Gasteiger partial charge in [0.05, 0.1) is 0 Å². The lowest BCUT2D eigenvalue weighted by molar-refractivity contribution is -0.139. The molecule has 1 heterocycles. The number of amides is 4. The second-order valence-electron chi connectivity index (χ2n) is 5.98. The van der Waals surface area contributed by atoms with Crippen molar-refractivity contribution in [1.29, 1.82) is 0 Å². The van der Waals surface area contributed by atoms with Crippen molar-refractivity contribution in [3.63, 3.8) is 0 Å². The summed E-state index contributed by atoms with van der Waals surface area (Å²) in [5.41, 5.74) is 2.02. The highest BCUT2D eigenvalue weighted by Gasteiger charge is 2.35. The maximum absolute atomic E-state index is 12.9. The number of nitrogens with one attached hydrogen (secondary N) is 1. The van der Waals surface area contributed by atoms with Crippen molar-refractivity contribution in [3.05, 3.63) is 34.9 Å². The number of carbonyl (C=O) groups is 4. The molecule has 0 radical (unpaired) electrons. The van der Waals surface area contributed by atoms with Crippen LogP contribution in [0.2, 0.25) is 0 Å². The number of piperidine rings is 1. The van der Waals surface area contributed by atoms with Gasteiger partial charge in [-0.15, -0.1) is 0 Å². The van der Waals surface area contributed by atoms with Crippen molar-refractivity contribution in [1.82, 2.24) is 10.2 Å². The van der Waals surface area contributed by atoms with E-state index >= 15 is 0 Å². The van der Waals surface area contributed by atoms with Crippen molar-refractivity contribution in [2.24, 2.45) is 0 Å². The van der Waals surface area contributed by atoms with Gasteiger partial charge in [0.1, 0.15) is 6.04 Å². The van der Waals surface area contributed by atoms with E-state index in [1.807, 2.05) is 26.0 Å². The SMILES string of the molecule is Cc1cccc(C(C)C)c1C(=O)N(C=O)C1CCC(=O)NC1=O. The monoisotopic (exact) mass is 316 g/mol. The van der Waals surface area contributed by atoms with Crippen LogP contribution in [0.1, 0.15) is 54.1 Å². The Balaban J connectivity index is 2.40. The Morgan fingerprint density at radius 3 is 2.61 bits per heavy atom. The van der Waals surface area contributed by atoms with E-state index in [1.54, 1.807) is 13.0 Å². The average molecular weight is 316 g/mol. The molecule has 6 nitrogen and oxygen atoms in total. The highest BCUT2D eigenvalue weighted by atomic mass is 16.2. The summed E-state index contributed by atoms with van der Waals surface area (Å²) in [7, 11) is 0. The van der Waals surface area contributed by atoms with Gasteiger partial charge in [-0.2, -0.15) is 0 Å². The van der Waals surface area contributed by atoms with Crippen LogP contribution in [0.15, 0.2) is 18.2 Å². The van der Waals surface area contributed by atoms with E-state index in [4.69, 9.17) is 0 Å². The Morgan fingerprint density at radius 1 is 1.35 bits per heavy atom. The van der Waals surface area contributed by atoms with Gasteiger partial charge in [-0.05, 0) is 30.4 Å². The van der Waals surface area contributed by atoms with Gasteiger partial charge in [-0.25, -0.2) is 0 Å². The molecule has 1 N–H and O–H groups in total. The maximum atomic E-state index is 12.9. The van der Waals surface area contributed by atoms with Gasteiger partial charge in [0.15, 0.2) is 0 Å². The summed E-state index contributed by atoms with van der Waals surface area (Å²) in [5, 5.41) is 2.17. The van der Waals surface area contributed by atoms with E-state index in [9.17, 15) is 19.2 Å². The number of hydrogen-bond donors (Lipinski definition) is 1. The van der Waals surface area contributed by atoms with E-state index < -0.39 is 17.9 Å². The van der Waals surface area contributed by atoms with Crippen molar-refractivity contribution in [3.8, 4) is 0 Å². The van der Waals surface area contributed by atoms with Crippen LogP contribution in [0.4, 0.5) is 0 Å². The normalized spacial score (nSPS) is 17.8. The quantitative estimate of drug-likeness (QED) is 0.674. The first-order valence-electron chi connectivity index (χ1n) is 7.58. The molecule has 1 aromatic carbocycles. The van der Waals surface area contributed by atoms with Gasteiger partial charge in [0.25, 0.3) is 5.91 Å². The van der Waals surface area contributed by atoms with E-state index in [0.29, 0.717) is 12.0 Å². The molecule has 0 bridgehead atoms. The number of nitrogens with zero attached hydrogens (tertiary/aromatic N) is 1. The van der Waals surface area contributed by atoms with Crippen molar-refractivity contribution >= 4 is 24.1 Å². The Labute approximate surface area is 134 Å². The van der Waals surface area contributed by atoms with Crippen LogP contribution in [0.3, 0.4) is 0 Å². The van der Waals surface area contributed by atoms with Crippen LogP contribution in [0.5, 0.6) is 0 Å². The summed E-state index contributed by atoms with van der Waals surface area (Å²) >= 11 is 0. The van der Waals surface area contributed by atoms with Crippen molar-refractivity contribution in [2.45, 2.75) is 45.6 Å². The van der Waals surface area contributed by atoms with E-state index in [2.05, 4.69) is 5.32 Å². The van der Waals surface area contributed by atoms with Gasteiger partial charge < -0.3 is 0 Å². The number of imide groups is 2. The van der Waals surface area contributed by atoms with Crippen molar-refractivity contribution in [2.75, 3.05) is 0 Å². The molecule has 1 unspecified atom stereocenters. The van der Waals surface area contributed by atoms with Crippen molar-refractivity contribution < 1.29 is 19.2 Å². The number of carbonyl (C=O) groups excluding carboxylic acids is 4. The summed E-state index contributed by atoms with van der Waals surface area (Å²) in [6.07, 6.45) is 0.635. The predicted octanol–water partition coefficient (Wildman–Crippen LogP) is 1.52. The van der Waals surface area contributed by atoms with Gasteiger partial charge >= 0.3 is 0 Å². The third-order valence-electron chi connectivity index (χ3n) is 4.03. The lowest BCUT2D eigenvalue weighted by Crippen LogP contribution is -2.54. The van der Waals surface area contributed by atoms with Crippen LogP contribution >= 0.6 is 0 Å². The molecule has 0 spiro atoms. The number of aryl methyl sites for hydroxylation is 1. The fourth-order valence-corrected chi connectivity index (χ4v) is 2.80. The molecule has 0 aliphatic carbocycles. The highest BCUT2D eigenvalue weighted by Crippen LogP contribution is 2.25. The molecule has 1 saturated heterocycles. The van der Waals surface area contributed by atoms with Gasteiger partial charge in [-0.1, -0.05) is 32.0 Å². The summed E-state index contributed by atoms with van der Waals surface area (Å²) in [6, 6.07) is 4.56. The Hall–Kier alpha value is -2.50. The first kappa shape index (κ1) is 16.9. The molecule has 1 aliphatic heterocycles. The lowest BCUT2D eigenvalue weighted by Gasteiger charge is -2.29. The second kappa shape index (κ2) is 6.73. The molecule has 1 aliphatic rings. The summed E-state index contributed by atoms with van der Waals surface area (Å²) in [4.78, 5) is 48.5. The molecule has 0 saturated carbocycles. The zero-order valence-corrected chi connectivity index (χ0v) is 13.5. The number of benzene rings is 1. The van der Waals surface area contributed by atoms with Crippen LogP contribution in [-0.2, 0) is 14.4 Å². The molecule has 1 atom stereocenters. The molecule has 23 heavy (non-hydrogen) atoms. The minimum absolute atomic E-state index is 0.101. The first-order chi connectivity index (χ1) is 10.9. The third-order valence-corrected chi connectivity index (χ3v) is 4.03. The Bertz CT molecular complexity index is 667. The second-order valence-corrected chi connectivity index (χ2v) is 5.98. The van der Waals surface area contributed by atoms with Gasteiger partial charge in [-0.3, -0.25) is 29.4 Å². The lowest BCUT2D eigenvalue weighted by atomic mass is 9.92. The standard InChI is InChI=1S/C17H20N2O4/c1-10(2)12-6-4-5-11(3)15(12)17(23)19(9-20)13-7-8-14(21)18-16(13)22/h4-6,9-10,13H,7-8H2,1-3H3,(H,18,21,22). The van der Waals surface area contributed by atoms with E-state index in [1.165, 1.54) is 0 Å². The summed E-state index contributed by atoms with van der Waals surface area (Å²) in [5.74, 6) is -1.40. The minimum Gasteiger partial charge on any atom is -0.295 e. The molecule has 6 heteroatoms. The van der Waals surface area contributed by atoms with Crippen LogP contribution in [-0.4, -0.2) is 35.1 Å². The molecule has 4 amide bonds. The van der Waals surface area contributed by atoms with Gasteiger partial charge in [0, 0.05) is 12.0 Å². The summed E-state index contributed by atoms with van der Waals surface area (Å²) in [6.45, 7) is 5.72. The smallest absolute Gasteiger partial charge is 0.261 e. The fraction of sp³-hybridized carbons (Fsp3) is 0.412. The maximum Gasteiger partial charge on any atom is 0.261 e. The highest BCUT2D eigenvalue weighted by molar-refractivity contribution is 6.08. The van der Waals surface area contributed by atoms with Crippen LogP contribution in [0, 0.1) is 6.92 Å². The van der Waals surface area contributed by atoms with Crippen LogP contribution in [0.25, 0.3) is 0 Å². The Kier molecular flexibility index (Phi) is 4.93. The molecule has 2 rings (SSSR count). The number of rotatable bonds is 4. The third kappa shape index (κ3) is 3.31. The van der Waals surface area contributed by atoms with E-state index in [-0.39, 0.29) is 24.7 Å². The molecular formula is C17H20N2O4. The molecule has 1 aromatic rings. The molecule has 0 aromatic heterocycles. The first-order valence-corrected chi connectivity index (χ1v) is 7.58. The molecule has 122 valence electrons. The summed E-state index contributed by atoms with van der Waals surface area (Å²) < 4.78 is 0. The number of hydrogen-bond acceptors (Lipinski definition) is 4. The average Bonchev–Trinajstić information content (AvgIpc) is 2.49. The zero-order chi connectivity index (χ0) is 17.1. The topological polar surface area (TPSA) is 83.6 Å². The molecular weight excluding hydrogens is 296 g/mol. The minimum atomic E-state index is -0.947. The molecule has 1 fully saturated rings. The Morgan fingerprint density at radius 2 is 2.04 bits per heavy atom. The van der Waals surface area contributed by atoms with Gasteiger partial charge in [0.2, 0.25) is 18.2 Å².